The van der Waals surface area contributed by atoms with E-state index >= 15 is 0 Å². The zero-order valence-corrected chi connectivity index (χ0v) is 18.1. The average Bonchev–Trinajstić information content (AvgIpc) is 2.88. The van der Waals surface area contributed by atoms with Crippen LogP contribution < -0.4 is 10.3 Å². The summed E-state index contributed by atoms with van der Waals surface area (Å²) in [5, 5.41) is 4.99. The molecule has 166 valence electrons. The van der Waals surface area contributed by atoms with Crippen molar-refractivity contribution < 1.29 is 9.13 Å². The Hall–Kier alpha value is -4.58. The van der Waals surface area contributed by atoms with Gasteiger partial charge in [-0.25, -0.2) is 9.37 Å². The molecule has 0 fully saturated rings. The third-order valence-corrected chi connectivity index (χ3v) is 5.28. The SMILES string of the molecule is O=c1c2ccccc2nc(-c2ccccc2)n1N=Cc1cccc(OCc2ccc(F)cc2)c1. The summed E-state index contributed by atoms with van der Waals surface area (Å²) < 4.78 is 20.3. The zero-order chi connectivity index (χ0) is 23.3. The topological polar surface area (TPSA) is 56.5 Å². The molecule has 0 atom stereocenters. The highest BCUT2D eigenvalue weighted by Crippen LogP contribution is 2.19. The maximum atomic E-state index is 13.3. The van der Waals surface area contributed by atoms with Crippen molar-refractivity contribution in [3.63, 3.8) is 0 Å². The maximum absolute atomic E-state index is 13.3. The van der Waals surface area contributed by atoms with E-state index in [0.717, 1.165) is 16.7 Å². The number of ether oxygens (including phenoxy) is 1. The van der Waals surface area contributed by atoms with E-state index in [9.17, 15) is 9.18 Å². The molecule has 6 heteroatoms. The molecule has 34 heavy (non-hydrogen) atoms. The van der Waals surface area contributed by atoms with Crippen LogP contribution >= 0.6 is 0 Å². The van der Waals surface area contributed by atoms with Gasteiger partial charge in [0.2, 0.25) is 0 Å². The molecule has 0 bridgehead atoms. The molecule has 0 unspecified atom stereocenters. The monoisotopic (exact) mass is 449 g/mol. The number of fused-ring (bicyclic) bond motifs is 1. The van der Waals surface area contributed by atoms with Crippen molar-refractivity contribution in [2.45, 2.75) is 6.61 Å². The third-order valence-electron chi connectivity index (χ3n) is 5.28. The summed E-state index contributed by atoms with van der Waals surface area (Å²) in [6, 6.07) is 30.3. The number of hydrogen-bond acceptors (Lipinski definition) is 4. The fraction of sp³-hybridized carbons (Fsp3) is 0.0357. The number of halogens is 1. The van der Waals surface area contributed by atoms with Crippen LogP contribution in [0.5, 0.6) is 5.75 Å². The van der Waals surface area contributed by atoms with Crippen LogP contribution in [0.4, 0.5) is 4.39 Å². The number of nitrogens with zero attached hydrogens (tertiary/aromatic N) is 3. The first kappa shape index (κ1) is 21.3. The second-order valence-electron chi connectivity index (χ2n) is 7.67. The molecule has 1 heterocycles. The van der Waals surface area contributed by atoms with Crippen LogP contribution in [0.25, 0.3) is 22.3 Å². The maximum Gasteiger partial charge on any atom is 0.282 e. The molecule has 4 aromatic carbocycles. The molecule has 0 aliphatic rings. The van der Waals surface area contributed by atoms with Gasteiger partial charge >= 0.3 is 0 Å². The van der Waals surface area contributed by atoms with E-state index in [1.54, 1.807) is 24.4 Å². The number of hydrogen-bond donors (Lipinski definition) is 0. The van der Waals surface area contributed by atoms with Gasteiger partial charge in [0.15, 0.2) is 5.82 Å². The molecule has 0 radical (unpaired) electrons. The van der Waals surface area contributed by atoms with Gasteiger partial charge in [-0.2, -0.15) is 9.78 Å². The minimum absolute atomic E-state index is 0.246. The quantitative estimate of drug-likeness (QED) is 0.314. The fourth-order valence-electron chi connectivity index (χ4n) is 3.56. The molecule has 0 saturated heterocycles. The van der Waals surface area contributed by atoms with E-state index in [1.807, 2.05) is 72.8 Å². The predicted molar refractivity (Wildman–Crippen MR) is 132 cm³/mol. The lowest BCUT2D eigenvalue weighted by molar-refractivity contribution is 0.306. The molecule has 0 amide bonds. The van der Waals surface area contributed by atoms with Crippen molar-refractivity contribution in [1.82, 2.24) is 9.66 Å². The molecular weight excluding hydrogens is 429 g/mol. The Bertz CT molecular complexity index is 1530. The number of aromatic nitrogens is 2. The summed E-state index contributed by atoms with van der Waals surface area (Å²) in [6.45, 7) is 0.313. The van der Waals surface area contributed by atoms with Crippen molar-refractivity contribution in [2.24, 2.45) is 5.10 Å². The summed E-state index contributed by atoms with van der Waals surface area (Å²) >= 11 is 0. The van der Waals surface area contributed by atoms with Crippen LogP contribution in [-0.2, 0) is 6.61 Å². The van der Waals surface area contributed by atoms with E-state index in [2.05, 4.69) is 5.10 Å². The van der Waals surface area contributed by atoms with Crippen LogP contribution in [0.3, 0.4) is 0 Å². The highest BCUT2D eigenvalue weighted by Gasteiger charge is 2.12. The van der Waals surface area contributed by atoms with Crippen molar-refractivity contribution in [1.29, 1.82) is 0 Å². The van der Waals surface area contributed by atoms with E-state index in [1.165, 1.54) is 16.8 Å². The van der Waals surface area contributed by atoms with Gasteiger partial charge in [0.05, 0.1) is 17.1 Å². The summed E-state index contributed by atoms with van der Waals surface area (Å²) in [5.41, 5.74) is 2.79. The van der Waals surface area contributed by atoms with Crippen molar-refractivity contribution >= 4 is 17.1 Å². The molecule has 5 aromatic rings. The van der Waals surface area contributed by atoms with E-state index < -0.39 is 0 Å². The van der Waals surface area contributed by atoms with Crippen LogP contribution in [0.1, 0.15) is 11.1 Å². The smallest absolute Gasteiger partial charge is 0.282 e. The van der Waals surface area contributed by atoms with E-state index in [4.69, 9.17) is 9.72 Å². The first-order valence-corrected chi connectivity index (χ1v) is 10.8. The first-order chi connectivity index (χ1) is 16.7. The fourth-order valence-corrected chi connectivity index (χ4v) is 3.56. The summed E-state index contributed by atoms with van der Waals surface area (Å²) in [4.78, 5) is 18.0. The molecular formula is C28H20FN3O2. The Kier molecular flexibility index (Phi) is 5.95. The number of benzene rings is 4. The van der Waals surface area contributed by atoms with E-state index in [-0.39, 0.29) is 11.4 Å². The second kappa shape index (κ2) is 9.50. The number of rotatable bonds is 6. The van der Waals surface area contributed by atoms with E-state index in [0.29, 0.717) is 29.1 Å². The van der Waals surface area contributed by atoms with Gasteiger partial charge in [0.1, 0.15) is 18.2 Å². The lowest BCUT2D eigenvalue weighted by Gasteiger charge is -2.10. The van der Waals surface area contributed by atoms with Gasteiger partial charge in [-0.15, -0.1) is 0 Å². The van der Waals surface area contributed by atoms with Crippen LogP contribution in [0, 0.1) is 5.82 Å². The highest BCUT2D eigenvalue weighted by atomic mass is 19.1. The molecule has 5 nitrogen and oxygen atoms in total. The van der Waals surface area contributed by atoms with Crippen molar-refractivity contribution in [3.05, 3.63) is 130 Å². The Morgan fingerprint density at radius 2 is 1.65 bits per heavy atom. The molecule has 5 rings (SSSR count). The van der Waals surface area contributed by atoms with Crippen LogP contribution in [-0.4, -0.2) is 15.9 Å². The molecule has 1 aromatic heterocycles. The molecule has 0 spiro atoms. The Morgan fingerprint density at radius 1 is 0.882 bits per heavy atom. The minimum atomic E-state index is -0.282. The van der Waals surface area contributed by atoms with Crippen molar-refractivity contribution in [2.75, 3.05) is 0 Å². The molecule has 0 aliphatic heterocycles. The second-order valence-corrected chi connectivity index (χ2v) is 7.67. The van der Waals surface area contributed by atoms with Crippen LogP contribution in [0.15, 0.2) is 113 Å². The Labute approximate surface area is 195 Å². The highest BCUT2D eigenvalue weighted by molar-refractivity contribution is 5.82. The largest absolute Gasteiger partial charge is 0.489 e. The number of para-hydroxylation sites is 1. The van der Waals surface area contributed by atoms with Crippen LogP contribution in [0.2, 0.25) is 0 Å². The van der Waals surface area contributed by atoms with Gasteiger partial charge in [0, 0.05) is 5.56 Å². The van der Waals surface area contributed by atoms with Gasteiger partial charge < -0.3 is 4.74 Å². The Morgan fingerprint density at radius 3 is 2.47 bits per heavy atom. The first-order valence-electron chi connectivity index (χ1n) is 10.8. The zero-order valence-electron chi connectivity index (χ0n) is 18.1. The van der Waals surface area contributed by atoms with Gasteiger partial charge in [0.25, 0.3) is 5.56 Å². The van der Waals surface area contributed by atoms with Gasteiger partial charge in [-0.05, 0) is 47.5 Å². The summed E-state index contributed by atoms with van der Waals surface area (Å²) in [6.07, 6.45) is 1.61. The average molecular weight is 449 g/mol. The predicted octanol–water partition coefficient (Wildman–Crippen LogP) is 5.66. The lowest BCUT2D eigenvalue weighted by atomic mass is 10.2. The minimum Gasteiger partial charge on any atom is -0.489 e. The van der Waals surface area contributed by atoms with Crippen molar-refractivity contribution in [3.8, 4) is 17.1 Å². The molecule has 0 aliphatic carbocycles. The third kappa shape index (κ3) is 4.61. The summed E-state index contributed by atoms with van der Waals surface area (Å²) in [5.74, 6) is 0.819. The lowest BCUT2D eigenvalue weighted by Crippen LogP contribution is -2.20. The normalized spacial score (nSPS) is 11.2. The van der Waals surface area contributed by atoms with Gasteiger partial charge in [-0.1, -0.05) is 66.7 Å². The molecule has 0 N–H and O–H groups in total. The van der Waals surface area contributed by atoms with Gasteiger partial charge in [-0.3, -0.25) is 4.79 Å². The Balaban J connectivity index is 1.47. The molecule has 0 saturated carbocycles. The standard InChI is InChI=1S/C28H20FN3O2/c29-23-15-13-20(14-16-23)19-34-24-10-6-7-21(17-24)18-30-32-27(22-8-2-1-3-9-22)31-26-12-5-4-11-25(26)28(32)33/h1-18H,19H2. The summed E-state index contributed by atoms with van der Waals surface area (Å²) in [7, 11) is 0.